The molecule has 2 aromatic carbocycles. The Morgan fingerprint density at radius 2 is 1.79 bits per heavy atom. The number of aryl methyl sites for hydroxylation is 2. The number of benzene rings is 2. The van der Waals surface area contributed by atoms with Gasteiger partial charge in [0.25, 0.3) is 5.69 Å². The monoisotopic (exact) mass is 450 g/mol. The summed E-state index contributed by atoms with van der Waals surface area (Å²) in [4.78, 5) is 24.3. The van der Waals surface area contributed by atoms with Crippen LogP contribution in [0.3, 0.4) is 0 Å². The third-order valence-corrected chi connectivity index (χ3v) is 6.32. The molecule has 0 fully saturated rings. The number of ketones is 1. The fourth-order valence-corrected chi connectivity index (χ4v) is 4.63. The quantitative estimate of drug-likeness (QED) is 0.502. The molecular weight excluding hydrogens is 422 g/mol. The van der Waals surface area contributed by atoms with Crippen LogP contribution in [0.25, 0.3) is 0 Å². The van der Waals surface area contributed by atoms with E-state index in [0.29, 0.717) is 24.0 Å². The molecule has 1 heterocycles. The Labute approximate surface area is 192 Å². The van der Waals surface area contributed by atoms with Crippen LogP contribution in [-0.2, 0) is 4.79 Å². The van der Waals surface area contributed by atoms with Crippen molar-refractivity contribution in [3.05, 3.63) is 62.3 Å². The molecule has 0 amide bonds. The molecule has 0 bridgehead atoms. The lowest BCUT2D eigenvalue weighted by molar-refractivity contribution is -0.398. The molecule has 0 saturated heterocycles. The van der Waals surface area contributed by atoms with Gasteiger partial charge in [-0.05, 0) is 67.5 Å². The number of rotatable bonds is 4. The van der Waals surface area contributed by atoms with E-state index in [-0.39, 0.29) is 23.6 Å². The maximum Gasteiger partial charge on any atom is 0.265 e. The highest BCUT2D eigenvalue weighted by Gasteiger charge is 2.39. The molecule has 0 unspecified atom stereocenters. The summed E-state index contributed by atoms with van der Waals surface area (Å²) >= 11 is 0. The fourth-order valence-electron chi connectivity index (χ4n) is 4.63. The number of anilines is 2. The van der Waals surface area contributed by atoms with Crippen LogP contribution in [0.1, 0.15) is 56.3 Å². The minimum absolute atomic E-state index is 0.0284. The van der Waals surface area contributed by atoms with Crippen molar-refractivity contribution in [2.75, 3.05) is 17.2 Å². The molecule has 1 aliphatic carbocycles. The average molecular weight is 451 g/mol. The number of ether oxygens (including phenoxy) is 1. The van der Waals surface area contributed by atoms with Crippen LogP contribution in [0, 0.1) is 29.4 Å². The number of hydrogen-bond acceptors (Lipinski definition) is 7. The summed E-state index contributed by atoms with van der Waals surface area (Å²) in [7, 11) is 0. The second-order valence-corrected chi connectivity index (χ2v) is 9.57. The minimum atomic E-state index is -0.769. The summed E-state index contributed by atoms with van der Waals surface area (Å²) in [5, 5.41) is 31.1. The van der Waals surface area contributed by atoms with Crippen LogP contribution < -0.4 is 20.5 Å². The van der Waals surface area contributed by atoms with Crippen LogP contribution >= 0.6 is 0 Å². The van der Waals surface area contributed by atoms with Crippen molar-refractivity contribution in [1.82, 2.24) is 0 Å². The van der Waals surface area contributed by atoms with E-state index in [1.54, 1.807) is 6.92 Å². The maximum atomic E-state index is 13.4. The number of nitro groups is 1. The van der Waals surface area contributed by atoms with Gasteiger partial charge in [-0.25, -0.2) is 0 Å². The lowest BCUT2D eigenvalue weighted by atomic mass is 9.73. The van der Waals surface area contributed by atoms with Crippen LogP contribution in [-0.4, -0.2) is 17.3 Å². The molecular formula is C25H28N3O5-. The van der Waals surface area contributed by atoms with Crippen molar-refractivity contribution >= 4 is 22.8 Å². The zero-order chi connectivity index (χ0) is 24.1. The highest BCUT2D eigenvalue weighted by atomic mass is 16.6. The molecule has 174 valence electrons. The van der Waals surface area contributed by atoms with Gasteiger partial charge in [0.05, 0.1) is 28.9 Å². The maximum absolute atomic E-state index is 13.4. The number of allylic oxidation sites excluding steroid dienone is 1. The smallest absolute Gasteiger partial charge is 0.265 e. The largest absolute Gasteiger partial charge is 0.865 e. The van der Waals surface area contributed by atoms with Gasteiger partial charge in [0.15, 0.2) is 5.78 Å². The van der Waals surface area contributed by atoms with E-state index in [9.17, 15) is 20.0 Å². The van der Waals surface area contributed by atoms with E-state index < -0.39 is 22.4 Å². The van der Waals surface area contributed by atoms with Crippen molar-refractivity contribution in [2.24, 2.45) is 5.41 Å². The first kappa shape index (κ1) is 22.6. The Bertz CT molecular complexity index is 1200. The zero-order valence-electron chi connectivity index (χ0n) is 19.5. The van der Waals surface area contributed by atoms with Crippen LogP contribution in [0.4, 0.5) is 17.1 Å². The van der Waals surface area contributed by atoms with E-state index in [2.05, 4.69) is 24.5 Å². The number of nitrogens with one attached hydrogen (secondary N) is 2. The molecule has 2 aromatic rings. The molecule has 0 spiro atoms. The van der Waals surface area contributed by atoms with Crippen molar-refractivity contribution in [3.63, 3.8) is 0 Å². The molecule has 8 heteroatoms. The van der Waals surface area contributed by atoms with E-state index in [4.69, 9.17) is 4.74 Å². The fraction of sp³-hybridized carbons (Fsp3) is 0.400. The normalized spacial score (nSPS) is 19.1. The van der Waals surface area contributed by atoms with E-state index >= 15 is 0 Å². The Morgan fingerprint density at radius 3 is 2.42 bits per heavy atom. The minimum Gasteiger partial charge on any atom is -0.865 e. The molecule has 33 heavy (non-hydrogen) atoms. The number of fused-ring (bicyclic) bond motifs is 1. The predicted molar refractivity (Wildman–Crippen MR) is 125 cm³/mol. The second kappa shape index (κ2) is 8.10. The van der Waals surface area contributed by atoms with Crippen LogP contribution in [0.5, 0.6) is 11.5 Å². The average Bonchev–Trinajstić information content (AvgIpc) is 2.85. The predicted octanol–water partition coefficient (Wildman–Crippen LogP) is 4.91. The van der Waals surface area contributed by atoms with Gasteiger partial charge in [-0.2, -0.15) is 0 Å². The number of hydrogen-bond donors (Lipinski definition) is 2. The van der Waals surface area contributed by atoms with Gasteiger partial charge in [-0.15, -0.1) is 0 Å². The van der Waals surface area contributed by atoms with Crippen molar-refractivity contribution < 1.29 is 19.6 Å². The number of nitro benzene ring substituents is 1. The van der Waals surface area contributed by atoms with Crippen molar-refractivity contribution in [1.29, 1.82) is 0 Å². The molecule has 1 atom stereocenters. The molecule has 1 aliphatic heterocycles. The number of nitrogens with zero attached hydrogens (tertiary/aromatic N) is 1. The summed E-state index contributed by atoms with van der Waals surface area (Å²) < 4.78 is 5.43. The SMILES string of the molecule is CCOc1cc([C@H]2Nc3cc(C)c(C)cc3NC3=C2C(=O)CC(C)(C)C3)cc([N+](=O)[O-])c1[O-]. The first-order valence-electron chi connectivity index (χ1n) is 11.0. The number of carbonyl (C=O) groups excluding carboxylic acids is 1. The van der Waals surface area contributed by atoms with Gasteiger partial charge in [0.2, 0.25) is 0 Å². The second-order valence-electron chi connectivity index (χ2n) is 9.57. The van der Waals surface area contributed by atoms with Crippen molar-refractivity contribution in [2.45, 2.75) is 53.5 Å². The zero-order valence-corrected chi connectivity index (χ0v) is 19.5. The molecule has 4 rings (SSSR count). The lowest BCUT2D eigenvalue weighted by Gasteiger charge is -2.34. The van der Waals surface area contributed by atoms with E-state index in [1.165, 1.54) is 12.1 Å². The van der Waals surface area contributed by atoms with Gasteiger partial charge in [0, 0.05) is 29.5 Å². The first-order chi connectivity index (χ1) is 15.5. The molecule has 0 radical (unpaired) electrons. The third kappa shape index (κ3) is 4.13. The van der Waals surface area contributed by atoms with E-state index in [0.717, 1.165) is 28.2 Å². The summed E-state index contributed by atoms with van der Waals surface area (Å²) in [6, 6.07) is 6.13. The first-order valence-corrected chi connectivity index (χ1v) is 11.0. The molecule has 8 nitrogen and oxygen atoms in total. The van der Waals surface area contributed by atoms with Crippen LogP contribution in [0.15, 0.2) is 35.5 Å². The third-order valence-electron chi connectivity index (χ3n) is 6.32. The summed E-state index contributed by atoms with van der Waals surface area (Å²) in [5.74, 6) is -0.888. The van der Waals surface area contributed by atoms with Gasteiger partial charge in [0.1, 0.15) is 5.75 Å². The van der Waals surface area contributed by atoms with Crippen molar-refractivity contribution in [3.8, 4) is 11.5 Å². The van der Waals surface area contributed by atoms with Crippen LogP contribution in [0.2, 0.25) is 0 Å². The molecule has 0 aromatic heterocycles. The summed E-state index contributed by atoms with van der Waals surface area (Å²) in [5.41, 5.74) is 4.80. The summed E-state index contributed by atoms with van der Waals surface area (Å²) in [6.45, 7) is 10.0. The summed E-state index contributed by atoms with van der Waals surface area (Å²) in [6.07, 6.45) is 1.01. The number of carbonyl (C=O) groups is 1. The Morgan fingerprint density at radius 1 is 1.12 bits per heavy atom. The Balaban J connectivity index is 1.96. The molecule has 0 saturated carbocycles. The Hall–Kier alpha value is -3.55. The lowest BCUT2D eigenvalue weighted by Crippen LogP contribution is -2.31. The highest BCUT2D eigenvalue weighted by Crippen LogP contribution is 2.47. The highest BCUT2D eigenvalue weighted by molar-refractivity contribution is 6.01. The van der Waals surface area contributed by atoms with Gasteiger partial charge < -0.3 is 20.5 Å². The van der Waals surface area contributed by atoms with E-state index in [1.807, 2.05) is 26.0 Å². The topological polar surface area (TPSA) is 117 Å². The number of Topliss-reactive ketones (excluding diaryl/α,β-unsaturated/α-hetero) is 1. The molecule has 2 aliphatic rings. The van der Waals surface area contributed by atoms with Gasteiger partial charge in [-0.1, -0.05) is 13.8 Å². The standard InChI is InChI=1S/C25H29N3O5/c1-6-33-21-10-15(9-19(24(21)30)28(31)32)23-22-18(11-25(4,5)12-20(22)29)26-16-7-13(2)14(3)8-17(16)27-23/h7-10,23,26-27,30H,6,11-12H2,1-5H3/p-1/t23-/m1/s1. The van der Waals surface area contributed by atoms with Gasteiger partial charge in [-0.3, -0.25) is 14.9 Å². The molecule has 2 N–H and O–H groups in total. The van der Waals surface area contributed by atoms with Gasteiger partial charge >= 0.3 is 0 Å². The Kier molecular flexibility index (Phi) is 5.56.